The van der Waals surface area contributed by atoms with Crippen molar-refractivity contribution in [2.45, 2.75) is 19.6 Å². The Morgan fingerprint density at radius 3 is 2.80 bits per heavy atom. The molecule has 0 aliphatic rings. The standard InChI is InChI=1S/C11H15BrO3/c1-8(7-14-2)15-10-3-4-11(12)9(5-10)6-13/h3-5,8,13H,6-7H2,1-2H3. The fourth-order valence-corrected chi connectivity index (χ4v) is 1.62. The summed E-state index contributed by atoms with van der Waals surface area (Å²) in [6.07, 6.45) is 0.00252. The molecule has 0 aliphatic heterocycles. The molecule has 0 radical (unpaired) electrons. The lowest BCUT2D eigenvalue weighted by atomic mass is 10.2. The van der Waals surface area contributed by atoms with Crippen molar-refractivity contribution in [3.63, 3.8) is 0 Å². The summed E-state index contributed by atoms with van der Waals surface area (Å²) in [5.41, 5.74) is 0.817. The van der Waals surface area contributed by atoms with Gasteiger partial charge in [-0.3, -0.25) is 0 Å². The van der Waals surface area contributed by atoms with E-state index < -0.39 is 0 Å². The normalized spacial score (nSPS) is 12.5. The number of hydrogen-bond donors (Lipinski definition) is 1. The zero-order valence-corrected chi connectivity index (χ0v) is 10.5. The zero-order chi connectivity index (χ0) is 11.3. The predicted molar refractivity (Wildman–Crippen MR) is 62.0 cm³/mol. The third-order valence-electron chi connectivity index (χ3n) is 1.93. The second-order valence-corrected chi connectivity index (χ2v) is 4.15. The topological polar surface area (TPSA) is 38.7 Å². The first-order valence-corrected chi connectivity index (χ1v) is 5.51. The molecule has 84 valence electrons. The summed E-state index contributed by atoms with van der Waals surface area (Å²) < 4.78 is 11.5. The van der Waals surface area contributed by atoms with Crippen LogP contribution >= 0.6 is 15.9 Å². The maximum absolute atomic E-state index is 9.07. The summed E-state index contributed by atoms with van der Waals surface area (Å²) in [7, 11) is 1.64. The highest BCUT2D eigenvalue weighted by molar-refractivity contribution is 9.10. The van der Waals surface area contributed by atoms with Gasteiger partial charge in [-0.2, -0.15) is 0 Å². The minimum absolute atomic E-state index is 0.00252. The molecule has 1 N–H and O–H groups in total. The monoisotopic (exact) mass is 274 g/mol. The number of hydrogen-bond acceptors (Lipinski definition) is 3. The molecule has 0 fully saturated rings. The highest BCUT2D eigenvalue weighted by Crippen LogP contribution is 2.23. The summed E-state index contributed by atoms with van der Waals surface area (Å²) >= 11 is 3.35. The maximum Gasteiger partial charge on any atom is 0.120 e. The summed E-state index contributed by atoms with van der Waals surface area (Å²) in [6, 6.07) is 5.53. The minimum atomic E-state index is -0.00353. The van der Waals surface area contributed by atoms with Crippen molar-refractivity contribution in [1.82, 2.24) is 0 Å². The average Bonchev–Trinajstić information content (AvgIpc) is 2.21. The van der Waals surface area contributed by atoms with Crippen molar-refractivity contribution < 1.29 is 14.6 Å². The van der Waals surface area contributed by atoms with Gasteiger partial charge in [-0.15, -0.1) is 0 Å². The second kappa shape index (κ2) is 6.10. The predicted octanol–water partition coefficient (Wildman–Crippen LogP) is 2.36. The van der Waals surface area contributed by atoms with Gasteiger partial charge in [-0.1, -0.05) is 15.9 Å². The van der Waals surface area contributed by atoms with E-state index in [0.29, 0.717) is 6.61 Å². The number of benzene rings is 1. The van der Waals surface area contributed by atoms with Gasteiger partial charge in [-0.05, 0) is 30.7 Å². The Kier molecular flexibility index (Phi) is 5.08. The first kappa shape index (κ1) is 12.5. The third-order valence-corrected chi connectivity index (χ3v) is 2.70. The van der Waals surface area contributed by atoms with Crippen molar-refractivity contribution in [2.24, 2.45) is 0 Å². The molecular formula is C11H15BrO3. The highest BCUT2D eigenvalue weighted by atomic mass is 79.9. The van der Waals surface area contributed by atoms with E-state index in [-0.39, 0.29) is 12.7 Å². The molecule has 0 saturated carbocycles. The Bertz CT molecular complexity index is 315. The van der Waals surface area contributed by atoms with Crippen molar-refractivity contribution >= 4 is 15.9 Å². The molecule has 0 bridgehead atoms. The van der Waals surface area contributed by atoms with Crippen molar-refractivity contribution in [1.29, 1.82) is 0 Å². The SMILES string of the molecule is COCC(C)Oc1ccc(Br)c(CO)c1. The molecule has 0 amide bonds. The van der Waals surface area contributed by atoms with Crippen LogP contribution in [0.2, 0.25) is 0 Å². The number of rotatable bonds is 5. The van der Waals surface area contributed by atoms with Crippen LogP contribution < -0.4 is 4.74 Å². The van der Waals surface area contributed by atoms with Crippen LogP contribution in [0.5, 0.6) is 5.75 Å². The molecule has 0 aromatic heterocycles. The summed E-state index contributed by atoms with van der Waals surface area (Å²) in [4.78, 5) is 0. The van der Waals surface area contributed by atoms with Crippen molar-refractivity contribution in [3.8, 4) is 5.75 Å². The molecule has 1 aromatic carbocycles. The van der Waals surface area contributed by atoms with Crippen molar-refractivity contribution in [3.05, 3.63) is 28.2 Å². The molecule has 1 unspecified atom stereocenters. The lowest BCUT2D eigenvalue weighted by Gasteiger charge is -2.14. The fraction of sp³-hybridized carbons (Fsp3) is 0.455. The Balaban J connectivity index is 2.69. The molecule has 15 heavy (non-hydrogen) atoms. The lowest BCUT2D eigenvalue weighted by molar-refractivity contribution is 0.0919. The first-order chi connectivity index (χ1) is 7.17. The molecule has 1 atom stereocenters. The van der Waals surface area contributed by atoms with Gasteiger partial charge in [0.15, 0.2) is 0 Å². The molecule has 0 saturated heterocycles. The number of halogens is 1. The van der Waals surface area contributed by atoms with Crippen LogP contribution in [0.25, 0.3) is 0 Å². The molecule has 0 aliphatic carbocycles. The molecule has 1 aromatic rings. The van der Waals surface area contributed by atoms with E-state index in [2.05, 4.69) is 15.9 Å². The molecular weight excluding hydrogens is 260 g/mol. The second-order valence-electron chi connectivity index (χ2n) is 3.30. The van der Waals surface area contributed by atoms with E-state index in [1.54, 1.807) is 7.11 Å². The Morgan fingerprint density at radius 1 is 1.47 bits per heavy atom. The Labute approximate surface area is 98.1 Å². The lowest BCUT2D eigenvalue weighted by Crippen LogP contribution is -2.17. The molecule has 0 heterocycles. The van der Waals surface area contributed by atoms with E-state index in [1.807, 2.05) is 25.1 Å². The zero-order valence-electron chi connectivity index (χ0n) is 8.87. The third kappa shape index (κ3) is 3.81. The summed E-state index contributed by atoms with van der Waals surface area (Å²) in [5, 5.41) is 9.07. The quantitative estimate of drug-likeness (QED) is 0.896. The van der Waals surface area contributed by atoms with Gasteiger partial charge >= 0.3 is 0 Å². The smallest absolute Gasteiger partial charge is 0.120 e. The van der Waals surface area contributed by atoms with E-state index in [9.17, 15) is 0 Å². The molecule has 4 heteroatoms. The summed E-state index contributed by atoms with van der Waals surface area (Å²) in [6.45, 7) is 2.48. The van der Waals surface area contributed by atoms with Crippen molar-refractivity contribution in [2.75, 3.05) is 13.7 Å². The van der Waals surface area contributed by atoms with Crippen LogP contribution in [0.3, 0.4) is 0 Å². The largest absolute Gasteiger partial charge is 0.488 e. The van der Waals surface area contributed by atoms with Gasteiger partial charge in [0.2, 0.25) is 0 Å². The van der Waals surface area contributed by atoms with Gasteiger partial charge in [0, 0.05) is 11.6 Å². The van der Waals surface area contributed by atoms with E-state index in [1.165, 1.54) is 0 Å². The number of ether oxygens (including phenoxy) is 2. The van der Waals surface area contributed by atoms with Gasteiger partial charge in [0.25, 0.3) is 0 Å². The number of aliphatic hydroxyl groups excluding tert-OH is 1. The van der Waals surface area contributed by atoms with Crippen LogP contribution in [-0.2, 0) is 11.3 Å². The van der Waals surface area contributed by atoms with E-state index >= 15 is 0 Å². The van der Waals surface area contributed by atoms with Gasteiger partial charge in [-0.25, -0.2) is 0 Å². The van der Waals surface area contributed by atoms with E-state index in [0.717, 1.165) is 15.8 Å². The average molecular weight is 275 g/mol. The van der Waals surface area contributed by atoms with Crippen LogP contribution in [-0.4, -0.2) is 24.9 Å². The van der Waals surface area contributed by atoms with Gasteiger partial charge in [0.05, 0.1) is 13.2 Å². The highest BCUT2D eigenvalue weighted by Gasteiger charge is 2.05. The van der Waals surface area contributed by atoms with Gasteiger partial charge < -0.3 is 14.6 Å². The number of methoxy groups -OCH3 is 1. The van der Waals surface area contributed by atoms with Crippen LogP contribution in [0.4, 0.5) is 0 Å². The molecule has 0 spiro atoms. The molecule has 1 rings (SSSR count). The summed E-state index contributed by atoms with van der Waals surface area (Å²) in [5.74, 6) is 0.742. The first-order valence-electron chi connectivity index (χ1n) is 4.72. The molecule has 3 nitrogen and oxygen atoms in total. The van der Waals surface area contributed by atoms with Crippen LogP contribution in [0, 0.1) is 0 Å². The van der Waals surface area contributed by atoms with Crippen LogP contribution in [0.1, 0.15) is 12.5 Å². The number of aliphatic hydroxyl groups is 1. The Morgan fingerprint density at radius 2 is 2.20 bits per heavy atom. The minimum Gasteiger partial charge on any atom is -0.488 e. The Hall–Kier alpha value is -0.580. The fourth-order valence-electron chi connectivity index (χ4n) is 1.25. The van der Waals surface area contributed by atoms with E-state index in [4.69, 9.17) is 14.6 Å². The van der Waals surface area contributed by atoms with Crippen LogP contribution in [0.15, 0.2) is 22.7 Å². The maximum atomic E-state index is 9.07. The van der Waals surface area contributed by atoms with Gasteiger partial charge in [0.1, 0.15) is 11.9 Å².